The first-order valence-electron chi connectivity index (χ1n) is 7.06. The van der Waals surface area contributed by atoms with Crippen LogP contribution in [0.15, 0.2) is 79.0 Å². The average molecular weight is 368 g/mol. The molecule has 2 heterocycles. The number of para-hydroxylation sites is 1. The molecular weight excluding hydrogens is 354 g/mol. The monoisotopic (exact) mass is 367 g/mol. The molecule has 114 valence electrons. The van der Waals surface area contributed by atoms with Gasteiger partial charge in [0.05, 0.1) is 5.10 Å². The topological polar surface area (TPSA) is 50.4 Å². The van der Waals surface area contributed by atoms with Crippen molar-refractivity contribution in [2.24, 2.45) is 0 Å². The predicted octanol–water partition coefficient (Wildman–Crippen LogP) is -0.457. The lowest BCUT2D eigenvalue weighted by Gasteiger charge is -2.03. The highest BCUT2D eigenvalue weighted by atomic mass is 79.9. The van der Waals surface area contributed by atoms with Gasteiger partial charge in [-0.15, -0.1) is 4.68 Å². The molecule has 0 amide bonds. The maximum Gasteiger partial charge on any atom is 0.301 e. The van der Waals surface area contributed by atoms with Crippen molar-refractivity contribution in [2.75, 3.05) is 0 Å². The molecule has 23 heavy (non-hydrogen) atoms. The molecule has 2 aromatic heterocycles. The van der Waals surface area contributed by atoms with Crippen LogP contribution < -0.4 is 21.7 Å². The number of tetrazole rings is 1. The summed E-state index contributed by atoms with van der Waals surface area (Å²) in [5.41, 5.74) is 1.96. The van der Waals surface area contributed by atoms with Gasteiger partial charge in [0.2, 0.25) is 5.82 Å². The molecule has 0 saturated carbocycles. The number of nitrogens with zero attached hydrogens (tertiary/aromatic N) is 4. The summed E-state index contributed by atoms with van der Waals surface area (Å²) < 4.78 is 1.96. The molecule has 0 aliphatic heterocycles. The molecule has 0 spiro atoms. The summed E-state index contributed by atoms with van der Waals surface area (Å²) in [5, 5.41) is 8.70. The summed E-state index contributed by atoms with van der Waals surface area (Å²) in [5.74, 6) is 1.69. The van der Waals surface area contributed by atoms with Crippen LogP contribution in [0.5, 0.6) is 0 Å². The Kier molecular flexibility index (Phi) is 4.34. The van der Waals surface area contributed by atoms with Crippen LogP contribution in [0, 0.1) is 0 Å². The van der Waals surface area contributed by atoms with Gasteiger partial charge in [0, 0.05) is 17.8 Å². The number of benzene rings is 2. The normalized spacial score (nSPS) is 10.3. The van der Waals surface area contributed by atoms with Gasteiger partial charge in [-0.25, -0.2) is 0 Å². The van der Waals surface area contributed by atoms with Gasteiger partial charge < -0.3 is 17.0 Å². The van der Waals surface area contributed by atoms with Crippen LogP contribution in [0.25, 0.3) is 22.9 Å². The van der Waals surface area contributed by atoms with E-state index in [2.05, 4.69) is 15.3 Å². The lowest BCUT2D eigenvalue weighted by molar-refractivity contribution is -0.672. The van der Waals surface area contributed by atoms with E-state index in [0.29, 0.717) is 0 Å². The molecule has 0 atom stereocenters. The van der Waals surface area contributed by atoms with E-state index >= 15 is 0 Å². The lowest BCUT2D eigenvalue weighted by atomic mass is 10.2. The van der Waals surface area contributed by atoms with Gasteiger partial charge >= 0.3 is 5.82 Å². The molecule has 0 saturated heterocycles. The first-order chi connectivity index (χ1) is 10.9. The van der Waals surface area contributed by atoms with E-state index in [0.717, 1.165) is 22.9 Å². The second kappa shape index (κ2) is 6.58. The van der Waals surface area contributed by atoms with Gasteiger partial charge in [0.15, 0.2) is 0 Å². The van der Waals surface area contributed by atoms with Crippen molar-refractivity contribution < 1.29 is 21.7 Å². The van der Waals surface area contributed by atoms with Gasteiger partial charge in [0.25, 0.3) is 0 Å². The number of halogens is 1. The van der Waals surface area contributed by atoms with Crippen LogP contribution in [0.1, 0.15) is 0 Å². The van der Waals surface area contributed by atoms with Crippen LogP contribution in [0.4, 0.5) is 0 Å². The number of rotatable bonds is 3. The minimum Gasteiger partial charge on any atom is -1.00 e. The zero-order valence-electron chi connectivity index (χ0n) is 12.2. The second-order valence-electron chi connectivity index (χ2n) is 4.87. The van der Waals surface area contributed by atoms with Crippen LogP contribution in [0.3, 0.4) is 0 Å². The smallest absolute Gasteiger partial charge is 0.301 e. The molecular formula is C17H14BrN5. The summed E-state index contributed by atoms with van der Waals surface area (Å²) in [6.07, 6.45) is 1.89. The largest absolute Gasteiger partial charge is 1.00 e. The third-order valence-corrected chi connectivity index (χ3v) is 3.44. The summed E-state index contributed by atoms with van der Waals surface area (Å²) in [4.78, 5) is 5.01. The Morgan fingerprint density at radius 1 is 0.826 bits per heavy atom. The summed E-state index contributed by atoms with van der Waals surface area (Å²) in [6, 6.07) is 23.9. The fraction of sp³-hybridized carbons (Fsp3) is 0. The summed E-state index contributed by atoms with van der Waals surface area (Å²) in [7, 11) is 0. The molecule has 0 aliphatic carbocycles. The molecule has 4 rings (SSSR count). The highest BCUT2D eigenvalue weighted by Gasteiger charge is 2.23. The van der Waals surface area contributed by atoms with Gasteiger partial charge in [-0.2, -0.15) is 0 Å². The van der Waals surface area contributed by atoms with E-state index < -0.39 is 0 Å². The number of nitrogens with one attached hydrogen (secondary N) is 1. The van der Waals surface area contributed by atoms with Crippen molar-refractivity contribution in [3.63, 3.8) is 0 Å². The molecule has 0 unspecified atom stereocenters. The minimum atomic E-state index is 0. The Morgan fingerprint density at radius 3 is 2.17 bits per heavy atom. The quantitative estimate of drug-likeness (QED) is 0.498. The molecule has 0 aliphatic rings. The van der Waals surface area contributed by atoms with Crippen LogP contribution in [0.2, 0.25) is 0 Å². The van der Waals surface area contributed by atoms with E-state index in [1.807, 2.05) is 83.7 Å². The first-order valence-corrected chi connectivity index (χ1v) is 7.06. The first kappa shape index (κ1) is 15.2. The Bertz CT molecular complexity index is 813. The predicted molar refractivity (Wildman–Crippen MR) is 82.7 cm³/mol. The molecule has 5 nitrogen and oxygen atoms in total. The Labute approximate surface area is 144 Å². The molecule has 1 N–H and O–H groups in total. The number of hydrogen-bond acceptors (Lipinski definition) is 2. The summed E-state index contributed by atoms with van der Waals surface area (Å²) >= 11 is 0. The third kappa shape index (κ3) is 2.80. The van der Waals surface area contributed by atoms with E-state index in [9.17, 15) is 0 Å². The molecule has 4 aromatic rings. The van der Waals surface area contributed by atoms with E-state index in [1.165, 1.54) is 0 Å². The van der Waals surface area contributed by atoms with Crippen LogP contribution >= 0.6 is 0 Å². The van der Waals surface area contributed by atoms with Crippen LogP contribution in [-0.4, -0.2) is 20.1 Å². The fourth-order valence-corrected chi connectivity index (χ4v) is 2.42. The fourth-order valence-electron chi connectivity index (χ4n) is 2.42. The highest BCUT2D eigenvalue weighted by Crippen LogP contribution is 2.14. The van der Waals surface area contributed by atoms with Gasteiger partial charge in [-0.1, -0.05) is 41.2 Å². The number of H-pyrrole nitrogens is 1. The Balaban J connectivity index is 0.00000156. The second-order valence-corrected chi connectivity index (χ2v) is 4.87. The van der Waals surface area contributed by atoms with Crippen molar-refractivity contribution in [1.29, 1.82) is 0 Å². The SMILES string of the molecule is [Br-].c1ccc(-c2nnn(-c3ccccc3)[n+]2-c2ccc[nH]2)cc1. The van der Waals surface area contributed by atoms with Gasteiger partial charge in [0.1, 0.15) is 10.9 Å². The van der Waals surface area contributed by atoms with Gasteiger partial charge in [-0.05, 0) is 30.3 Å². The molecule has 2 aromatic carbocycles. The zero-order valence-corrected chi connectivity index (χ0v) is 13.8. The van der Waals surface area contributed by atoms with E-state index in [1.54, 1.807) is 4.80 Å². The van der Waals surface area contributed by atoms with Crippen molar-refractivity contribution in [2.45, 2.75) is 0 Å². The van der Waals surface area contributed by atoms with Crippen molar-refractivity contribution in [1.82, 2.24) is 20.1 Å². The molecule has 0 fully saturated rings. The standard InChI is InChI=1S/C17H14N5.BrH/c1-3-8-14(9-4-1)17-19-20-22(15-10-5-2-6-11-15)21(17)16-12-7-13-18-16;/h1-13,18H;1H/q+1;/p-1. The third-order valence-electron chi connectivity index (χ3n) is 3.44. The molecule has 0 bridgehead atoms. The Morgan fingerprint density at radius 2 is 1.52 bits per heavy atom. The van der Waals surface area contributed by atoms with Gasteiger partial charge in [-0.3, -0.25) is 4.98 Å². The zero-order chi connectivity index (χ0) is 14.8. The maximum atomic E-state index is 4.37. The number of aromatic amines is 1. The molecule has 6 heteroatoms. The number of aromatic nitrogens is 5. The Hall–Kier alpha value is -2.73. The van der Waals surface area contributed by atoms with Crippen molar-refractivity contribution >= 4 is 0 Å². The van der Waals surface area contributed by atoms with Crippen molar-refractivity contribution in [3.8, 4) is 22.9 Å². The maximum absolute atomic E-state index is 4.37. The number of hydrogen-bond donors (Lipinski definition) is 1. The summed E-state index contributed by atoms with van der Waals surface area (Å²) in [6.45, 7) is 0. The van der Waals surface area contributed by atoms with E-state index in [4.69, 9.17) is 0 Å². The highest BCUT2D eigenvalue weighted by molar-refractivity contribution is 5.51. The van der Waals surface area contributed by atoms with Crippen LogP contribution in [-0.2, 0) is 0 Å². The minimum absolute atomic E-state index is 0. The molecule has 0 radical (unpaired) electrons. The average Bonchev–Trinajstić information content (AvgIpc) is 3.25. The lowest BCUT2D eigenvalue weighted by Crippen LogP contribution is -3.00. The van der Waals surface area contributed by atoms with Crippen molar-refractivity contribution in [3.05, 3.63) is 79.0 Å². The van der Waals surface area contributed by atoms with E-state index in [-0.39, 0.29) is 17.0 Å².